The zero-order valence-corrected chi connectivity index (χ0v) is 12.4. The molecule has 20 heavy (non-hydrogen) atoms. The molecule has 110 valence electrons. The van der Waals surface area contributed by atoms with Crippen LogP contribution in [0.5, 0.6) is 0 Å². The molecule has 2 rings (SSSR count). The van der Waals surface area contributed by atoms with E-state index in [1.54, 1.807) is 18.2 Å². The van der Waals surface area contributed by atoms with Crippen molar-refractivity contribution in [2.75, 3.05) is 25.4 Å². The molecule has 0 bridgehead atoms. The van der Waals surface area contributed by atoms with E-state index in [-0.39, 0.29) is 11.9 Å². The van der Waals surface area contributed by atoms with Crippen molar-refractivity contribution in [3.05, 3.63) is 29.8 Å². The highest BCUT2D eigenvalue weighted by Gasteiger charge is 2.21. The number of nitrogen functional groups attached to an aromatic ring is 1. The molecule has 1 saturated heterocycles. The molecule has 1 amide bonds. The quantitative estimate of drug-likeness (QED) is 0.828. The number of hydrogen-bond acceptors (Lipinski definition) is 3. The van der Waals surface area contributed by atoms with E-state index in [9.17, 15) is 4.79 Å². The molecule has 0 saturated carbocycles. The molecule has 0 unspecified atom stereocenters. The average Bonchev–Trinajstić information content (AvgIpc) is 2.40. The number of piperidine rings is 1. The minimum atomic E-state index is -0.0143. The van der Waals surface area contributed by atoms with Gasteiger partial charge in [-0.05, 0) is 37.0 Å². The smallest absolute Gasteiger partial charge is 0.251 e. The highest BCUT2D eigenvalue weighted by Crippen LogP contribution is 2.13. The summed E-state index contributed by atoms with van der Waals surface area (Å²) in [5, 5.41) is 3.12. The second-order valence-electron chi connectivity index (χ2n) is 6.07. The number of rotatable bonds is 4. The highest BCUT2D eigenvalue weighted by atomic mass is 16.1. The van der Waals surface area contributed by atoms with Crippen LogP contribution in [0.4, 0.5) is 5.69 Å². The van der Waals surface area contributed by atoms with Crippen molar-refractivity contribution < 1.29 is 4.79 Å². The van der Waals surface area contributed by atoms with Gasteiger partial charge in [-0.15, -0.1) is 0 Å². The number of hydrogen-bond donors (Lipinski definition) is 2. The standard InChI is InChI=1S/C16H25N3O/c1-12(2)11-19-8-6-15(7-9-19)18-16(20)13-4-3-5-14(17)10-13/h3-5,10,12,15H,6-9,11,17H2,1-2H3,(H,18,20). The van der Waals surface area contributed by atoms with Gasteiger partial charge in [0, 0.05) is 36.9 Å². The fourth-order valence-corrected chi connectivity index (χ4v) is 2.72. The number of anilines is 1. The summed E-state index contributed by atoms with van der Waals surface area (Å²) in [6.45, 7) is 7.78. The van der Waals surface area contributed by atoms with E-state index >= 15 is 0 Å². The van der Waals surface area contributed by atoms with Gasteiger partial charge in [-0.3, -0.25) is 4.79 Å². The molecule has 1 aliphatic rings. The van der Waals surface area contributed by atoms with Crippen molar-refractivity contribution in [3.8, 4) is 0 Å². The van der Waals surface area contributed by atoms with Crippen molar-refractivity contribution >= 4 is 11.6 Å². The van der Waals surface area contributed by atoms with Gasteiger partial charge in [0.05, 0.1) is 0 Å². The molecule has 1 aromatic carbocycles. The van der Waals surface area contributed by atoms with E-state index in [2.05, 4.69) is 24.1 Å². The van der Waals surface area contributed by atoms with E-state index in [1.165, 1.54) is 0 Å². The molecule has 1 heterocycles. The van der Waals surface area contributed by atoms with Gasteiger partial charge in [0.25, 0.3) is 5.91 Å². The summed E-state index contributed by atoms with van der Waals surface area (Å²) in [7, 11) is 0. The third-order valence-electron chi connectivity index (χ3n) is 3.69. The molecule has 1 fully saturated rings. The Morgan fingerprint density at radius 1 is 1.40 bits per heavy atom. The van der Waals surface area contributed by atoms with E-state index in [1.807, 2.05) is 6.07 Å². The molecule has 4 heteroatoms. The van der Waals surface area contributed by atoms with E-state index in [4.69, 9.17) is 5.73 Å². The molecule has 4 nitrogen and oxygen atoms in total. The molecule has 1 aliphatic heterocycles. The van der Waals surface area contributed by atoms with E-state index < -0.39 is 0 Å². The lowest BCUT2D eigenvalue weighted by molar-refractivity contribution is 0.0907. The average molecular weight is 275 g/mol. The van der Waals surface area contributed by atoms with E-state index in [0.29, 0.717) is 17.2 Å². The van der Waals surface area contributed by atoms with Gasteiger partial charge in [-0.1, -0.05) is 19.9 Å². The van der Waals surface area contributed by atoms with Gasteiger partial charge < -0.3 is 16.0 Å². The number of carbonyl (C=O) groups excluding carboxylic acids is 1. The highest BCUT2D eigenvalue weighted by molar-refractivity contribution is 5.95. The van der Waals surface area contributed by atoms with Gasteiger partial charge >= 0.3 is 0 Å². The van der Waals surface area contributed by atoms with Crippen LogP contribution in [-0.2, 0) is 0 Å². The molecule has 0 spiro atoms. The number of benzene rings is 1. The maximum absolute atomic E-state index is 12.1. The molecular weight excluding hydrogens is 250 g/mol. The summed E-state index contributed by atoms with van der Waals surface area (Å²) in [5.41, 5.74) is 6.98. The van der Waals surface area contributed by atoms with Crippen molar-refractivity contribution in [2.24, 2.45) is 5.92 Å². The van der Waals surface area contributed by atoms with Gasteiger partial charge in [0.1, 0.15) is 0 Å². The first-order chi connectivity index (χ1) is 9.54. The van der Waals surface area contributed by atoms with Crippen LogP contribution in [0.1, 0.15) is 37.0 Å². The van der Waals surface area contributed by atoms with Crippen LogP contribution in [0.25, 0.3) is 0 Å². The Morgan fingerprint density at radius 2 is 2.10 bits per heavy atom. The molecular formula is C16H25N3O. The minimum absolute atomic E-state index is 0.0143. The monoisotopic (exact) mass is 275 g/mol. The lowest BCUT2D eigenvalue weighted by Gasteiger charge is -2.33. The summed E-state index contributed by atoms with van der Waals surface area (Å²) >= 11 is 0. The summed E-state index contributed by atoms with van der Waals surface area (Å²) in [4.78, 5) is 14.6. The third kappa shape index (κ3) is 4.23. The number of nitrogens with one attached hydrogen (secondary N) is 1. The maximum atomic E-state index is 12.1. The fourth-order valence-electron chi connectivity index (χ4n) is 2.72. The van der Waals surface area contributed by atoms with Crippen molar-refractivity contribution in [1.29, 1.82) is 0 Å². The zero-order chi connectivity index (χ0) is 14.5. The number of amides is 1. The summed E-state index contributed by atoms with van der Waals surface area (Å²) in [6, 6.07) is 7.42. The second kappa shape index (κ2) is 6.75. The molecule has 0 radical (unpaired) electrons. The van der Waals surface area contributed by atoms with Crippen molar-refractivity contribution in [1.82, 2.24) is 10.2 Å². The Morgan fingerprint density at radius 3 is 2.70 bits per heavy atom. The van der Waals surface area contributed by atoms with Gasteiger partial charge in [0.15, 0.2) is 0 Å². The fraction of sp³-hybridized carbons (Fsp3) is 0.562. The predicted octanol–water partition coefficient (Wildman–Crippen LogP) is 2.12. The molecule has 1 aromatic rings. The maximum Gasteiger partial charge on any atom is 0.251 e. The van der Waals surface area contributed by atoms with Crippen LogP contribution >= 0.6 is 0 Å². The Balaban J connectivity index is 1.82. The number of carbonyl (C=O) groups is 1. The SMILES string of the molecule is CC(C)CN1CCC(NC(=O)c2cccc(N)c2)CC1. The van der Waals surface area contributed by atoms with Crippen molar-refractivity contribution in [2.45, 2.75) is 32.7 Å². The molecule has 0 aliphatic carbocycles. The zero-order valence-electron chi connectivity index (χ0n) is 12.4. The molecule has 0 atom stereocenters. The predicted molar refractivity (Wildman–Crippen MR) is 82.6 cm³/mol. The number of likely N-dealkylation sites (tertiary alicyclic amines) is 1. The molecule has 3 N–H and O–H groups in total. The number of nitrogens with two attached hydrogens (primary N) is 1. The van der Waals surface area contributed by atoms with Crippen LogP contribution in [0.15, 0.2) is 24.3 Å². The van der Waals surface area contributed by atoms with Crippen LogP contribution in [0.2, 0.25) is 0 Å². The Hall–Kier alpha value is -1.55. The summed E-state index contributed by atoms with van der Waals surface area (Å²) < 4.78 is 0. The van der Waals surface area contributed by atoms with Crippen LogP contribution in [0.3, 0.4) is 0 Å². The van der Waals surface area contributed by atoms with Crippen LogP contribution < -0.4 is 11.1 Å². The lowest BCUT2D eigenvalue weighted by atomic mass is 10.0. The second-order valence-corrected chi connectivity index (χ2v) is 6.07. The van der Waals surface area contributed by atoms with Crippen LogP contribution in [0, 0.1) is 5.92 Å². The van der Waals surface area contributed by atoms with Gasteiger partial charge in [-0.25, -0.2) is 0 Å². The lowest BCUT2D eigenvalue weighted by Crippen LogP contribution is -2.45. The molecule has 0 aromatic heterocycles. The van der Waals surface area contributed by atoms with Gasteiger partial charge in [-0.2, -0.15) is 0 Å². The normalized spacial score (nSPS) is 17.4. The van der Waals surface area contributed by atoms with E-state index in [0.717, 1.165) is 32.5 Å². The number of nitrogens with zero attached hydrogens (tertiary/aromatic N) is 1. The topological polar surface area (TPSA) is 58.4 Å². The largest absolute Gasteiger partial charge is 0.399 e. The summed E-state index contributed by atoms with van der Waals surface area (Å²) in [6.07, 6.45) is 2.06. The van der Waals surface area contributed by atoms with Crippen LogP contribution in [-0.4, -0.2) is 36.5 Å². The first-order valence-electron chi connectivity index (χ1n) is 7.43. The first kappa shape index (κ1) is 14.9. The first-order valence-corrected chi connectivity index (χ1v) is 7.43. The summed E-state index contributed by atoms with van der Waals surface area (Å²) in [5.74, 6) is 0.688. The van der Waals surface area contributed by atoms with Crippen molar-refractivity contribution in [3.63, 3.8) is 0 Å². The Labute approximate surface area is 121 Å². The third-order valence-corrected chi connectivity index (χ3v) is 3.69. The Kier molecular flexibility index (Phi) is 5.01. The minimum Gasteiger partial charge on any atom is -0.399 e. The van der Waals surface area contributed by atoms with Gasteiger partial charge in [0.2, 0.25) is 0 Å². The Bertz CT molecular complexity index is 451.